The monoisotopic (exact) mass is 394 g/mol. The summed E-state index contributed by atoms with van der Waals surface area (Å²) in [4.78, 5) is 38.2. The third-order valence-electron chi connectivity index (χ3n) is 4.19. The first-order chi connectivity index (χ1) is 12.2. The maximum Gasteiger partial charge on any atom is 0.325 e. The summed E-state index contributed by atoms with van der Waals surface area (Å²) >= 11 is 12.0. The highest BCUT2D eigenvalue weighted by Gasteiger charge is 2.50. The molecule has 1 atom stereocenters. The minimum Gasteiger partial charge on any atom is -0.319 e. The molecule has 8 heteroatoms. The van der Waals surface area contributed by atoms with Crippen molar-refractivity contribution in [3.05, 3.63) is 69.5 Å². The van der Waals surface area contributed by atoms with Gasteiger partial charge in [-0.2, -0.15) is 0 Å². The van der Waals surface area contributed by atoms with Crippen LogP contribution in [0.15, 0.2) is 42.5 Å². The number of amides is 3. The quantitative estimate of drug-likeness (QED) is 0.633. The highest BCUT2D eigenvalue weighted by Crippen LogP contribution is 2.35. The maximum atomic E-state index is 13.3. The summed E-state index contributed by atoms with van der Waals surface area (Å²) in [6, 6.07) is 8.87. The summed E-state index contributed by atoms with van der Waals surface area (Å²) in [6.07, 6.45) is 0. The first kappa shape index (κ1) is 18.4. The van der Waals surface area contributed by atoms with Gasteiger partial charge in [0.25, 0.3) is 5.91 Å². The summed E-state index contributed by atoms with van der Waals surface area (Å²) < 4.78 is 13.3. The average molecular weight is 395 g/mol. The van der Waals surface area contributed by atoms with Crippen molar-refractivity contribution in [3.8, 4) is 0 Å². The van der Waals surface area contributed by atoms with Gasteiger partial charge >= 0.3 is 6.03 Å². The van der Waals surface area contributed by atoms with Crippen molar-refractivity contribution in [1.29, 1.82) is 0 Å². The van der Waals surface area contributed by atoms with E-state index >= 15 is 0 Å². The first-order valence-electron chi connectivity index (χ1n) is 7.61. The van der Waals surface area contributed by atoms with Crippen LogP contribution in [-0.2, 0) is 10.3 Å². The van der Waals surface area contributed by atoms with Crippen LogP contribution >= 0.6 is 23.2 Å². The number of hydrogen-bond donors (Lipinski definition) is 1. The van der Waals surface area contributed by atoms with Gasteiger partial charge in [-0.05, 0) is 31.2 Å². The maximum absolute atomic E-state index is 13.3. The lowest BCUT2D eigenvalue weighted by Gasteiger charge is -2.23. The van der Waals surface area contributed by atoms with Crippen molar-refractivity contribution in [2.75, 3.05) is 6.54 Å². The molecule has 1 heterocycles. The van der Waals surface area contributed by atoms with Crippen molar-refractivity contribution in [3.63, 3.8) is 0 Å². The van der Waals surface area contributed by atoms with E-state index < -0.39 is 35.6 Å². The summed E-state index contributed by atoms with van der Waals surface area (Å²) in [5.41, 5.74) is -0.993. The van der Waals surface area contributed by atoms with Crippen molar-refractivity contribution < 1.29 is 18.8 Å². The normalized spacial score (nSPS) is 19.6. The number of benzene rings is 2. The molecule has 0 aliphatic carbocycles. The number of rotatable bonds is 4. The van der Waals surface area contributed by atoms with Gasteiger partial charge in [0.2, 0.25) is 0 Å². The minimum atomic E-state index is -1.43. The number of carbonyl (C=O) groups excluding carboxylic acids is 3. The van der Waals surface area contributed by atoms with Gasteiger partial charge < -0.3 is 5.32 Å². The predicted octanol–water partition coefficient (Wildman–Crippen LogP) is 3.78. The third-order valence-corrected chi connectivity index (χ3v) is 4.74. The van der Waals surface area contributed by atoms with Gasteiger partial charge in [-0.15, -0.1) is 0 Å². The summed E-state index contributed by atoms with van der Waals surface area (Å²) in [5.74, 6) is -1.76. The van der Waals surface area contributed by atoms with Crippen LogP contribution in [0.2, 0.25) is 10.0 Å². The molecule has 2 aromatic rings. The van der Waals surface area contributed by atoms with Gasteiger partial charge in [-0.25, -0.2) is 9.18 Å². The molecule has 1 N–H and O–H groups in total. The summed E-state index contributed by atoms with van der Waals surface area (Å²) in [7, 11) is 0. The Hall–Kier alpha value is -2.44. The molecule has 0 radical (unpaired) electrons. The smallest absolute Gasteiger partial charge is 0.319 e. The second-order valence-corrected chi connectivity index (χ2v) is 6.85. The first-order valence-corrected chi connectivity index (χ1v) is 8.36. The number of nitrogens with zero attached hydrogens (tertiary/aromatic N) is 1. The van der Waals surface area contributed by atoms with E-state index in [1.54, 1.807) is 12.1 Å². The molecule has 0 unspecified atom stereocenters. The Morgan fingerprint density at radius 1 is 1.19 bits per heavy atom. The molecule has 0 bridgehead atoms. The van der Waals surface area contributed by atoms with Crippen molar-refractivity contribution in [2.45, 2.75) is 12.5 Å². The van der Waals surface area contributed by atoms with E-state index in [4.69, 9.17) is 23.2 Å². The number of halogens is 3. The molecule has 1 fully saturated rings. The van der Waals surface area contributed by atoms with Crippen LogP contribution in [0.5, 0.6) is 0 Å². The SMILES string of the molecule is C[C@]1(c2ccc(Cl)cc2Cl)NC(=O)N(CC(=O)c2cccc(F)c2)C1=O. The molecule has 0 saturated carbocycles. The molecular formula is C18H13Cl2FN2O3. The average Bonchev–Trinajstić information content (AvgIpc) is 2.78. The molecule has 0 spiro atoms. The van der Waals surface area contributed by atoms with Crippen molar-refractivity contribution >= 4 is 40.9 Å². The van der Waals surface area contributed by atoms with Crippen molar-refractivity contribution in [1.82, 2.24) is 10.2 Å². The lowest BCUT2D eigenvalue weighted by atomic mass is 9.92. The molecule has 1 aliphatic rings. The fourth-order valence-electron chi connectivity index (χ4n) is 2.81. The molecule has 3 rings (SSSR count). The minimum absolute atomic E-state index is 0.0729. The molecule has 3 amide bonds. The standard InChI is InChI=1S/C18H13Cl2FN2O3/c1-18(13-6-5-11(19)8-14(13)20)16(25)23(17(26)22-18)9-15(24)10-3-2-4-12(21)7-10/h2-8H,9H2,1H3,(H,22,26)/t18-/m1/s1. The van der Waals surface area contributed by atoms with Crippen LogP contribution in [0, 0.1) is 5.82 Å². The van der Waals surface area contributed by atoms with E-state index in [0.29, 0.717) is 10.6 Å². The summed E-state index contributed by atoms with van der Waals surface area (Å²) in [5, 5.41) is 3.16. The number of carbonyl (C=O) groups is 3. The highest BCUT2D eigenvalue weighted by molar-refractivity contribution is 6.35. The van der Waals surface area contributed by atoms with Crippen molar-refractivity contribution in [2.24, 2.45) is 0 Å². The Balaban J connectivity index is 1.88. The number of ketones is 1. The second kappa shape index (κ2) is 6.70. The zero-order valence-electron chi connectivity index (χ0n) is 13.6. The van der Waals surface area contributed by atoms with Gasteiger partial charge in [0.05, 0.1) is 6.54 Å². The number of urea groups is 1. The van der Waals surface area contributed by atoms with E-state index in [1.165, 1.54) is 31.2 Å². The van der Waals surface area contributed by atoms with E-state index in [9.17, 15) is 18.8 Å². The molecule has 2 aromatic carbocycles. The molecule has 26 heavy (non-hydrogen) atoms. The van der Waals surface area contributed by atoms with Crippen LogP contribution < -0.4 is 5.32 Å². The van der Waals surface area contributed by atoms with E-state index in [1.807, 2.05) is 0 Å². The Labute approximate surface area is 158 Å². The van der Waals surface area contributed by atoms with E-state index in [0.717, 1.165) is 11.0 Å². The lowest BCUT2D eigenvalue weighted by molar-refractivity contribution is -0.130. The molecule has 0 aromatic heterocycles. The molecule has 1 aliphatic heterocycles. The van der Waals surface area contributed by atoms with E-state index in [2.05, 4.69) is 5.32 Å². The Bertz CT molecular complexity index is 934. The number of Topliss-reactive ketones (excluding diaryl/α,β-unsaturated/α-hetero) is 1. The Kier molecular flexibility index (Phi) is 4.73. The fraction of sp³-hybridized carbons (Fsp3) is 0.167. The van der Waals surface area contributed by atoms with Gasteiger partial charge in [-0.3, -0.25) is 14.5 Å². The Morgan fingerprint density at radius 2 is 1.92 bits per heavy atom. The van der Waals surface area contributed by atoms with Crippen LogP contribution in [0.25, 0.3) is 0 Å². The number of nitrogens with one attached hydrogen (secondary N) is 1. The zero-order valence-corrected chi connectivity index (χ0v) is 15.1. The van der Waals surface area contributed by atoms with Gasteiger partial charge in [0.1, 0.15) is 11.4 Å². The third kappa shape index (κ3) is 3.18. The molecule has 1 saturated heterocycles. The van der Waals surface area contributed by atoms with E-state index in [-0.39, 0.29) is 10.6 Å². The molecule has 5 nitrogen and oxygen atoms in total. The van der Waals surface area contributed by atoms with Gasteiger partial charge in [0, 0.05) is 21.2 Å². The number of imide groups is 1. The molecule has 134 valence electrons. The Morgan fingerprint density at radius 3 is 2.58 bits per heavy atom. The van der Waals surface area contributed by atoms with Crippen LogP contribution in [0.3, 0.4) is 0 Å². The zero-order chi connectivity index (χ0) is 19.1. The number of hydrogen-bond acceptors (Lipinski definition) is 3. The fourth-order valence-corrected chi connectivity index (χ4v) is 3.41. The van der Waals surface area contributed by atoms with Crippen LogP contribution in [-0.4, -0.2) is 29.2 Å². The van der Waals surface area contributed by atoms with Gasteiger partial charge in [0.15, 0.2) is 5.78 Å². The largest absolute Gasteiger partial charge is 0.325 e. The topological polar surface area (TPSA) is 66.5 Å². The molecular weight excluding hydrogens is 382 g/mol. The van der Waals surface area contributed by atoms with Crippen LogP contribution in [0.1, 0.15) is 22.8 Å². The highest BCUT2D eigenvalue weighted by atomic mass is 35.5. The lowest BCUT2D eigenvalue weighted by Crippen LogP contribution is -2.41. The second-order valence-electron chi connectivity index (χ2n) is 6.00. The van der Waals surface area contributed by atoms with Crippen LogP contribution in [0.4, 0.5) is 9.18 Å². The van der Waals surface area contributed by atoms with Gasteiger partial charge in [-0.1, -0.05) is 41.4 Å². The summed E-state index contributed by atoms with van der Waals surface area (Å²) in [6.45, 7) is 0.990. The predicted molar refractivity (Wildman–Crippen MR) is 94.8 cm³/mol.